The van der Waals surface area contributed by atoms with Crippen LogP contribution in [0.5, 0.6) is 0 Å². The number of hydrogen-bond donors (Lipinski definition) is 4. The molecule has 1 fully saturated rings. The second-order valence-corrected chi connectivity index (χ2v) is 9.53. The largest absolute Gasteiger partial charge is 0.360 e. The van der Waals surface area contributed by atoms with Crippen LogP contribution in [0.4, 0.5) is 5.95 Å². The highest BCUT2D eigenvalue weighted by Crippen LogP contribution is 2.31. The van der Waals surface area contributed by atoms with Crippen LogP contribution in [0, 0.1) is 0 Å². The molecule has 6 nitrogen and oxygen atoms in total. The molecule has 1 saturated heterocycles. The molecule has 0 aliphatic carbocycles. The predicted octanol–water partition coefficient (Wildman–Crippen LogP) is 3.85. The SMILES string of the molecule is CC1(C)CC(Nc2nccc(-c3c[nH]c4cc(CCN)ccc34)n2)CC(C)(C)N1. The molecular formula is C23H32N6. The average Bonchev–Trinajstić information content (AvgIpc) is 3.02. The smallest absolute Gasteiger partial charge is 0.223 e. The summed E-state index contributed by atoms with van der Waals surface area (Å²) in [7, 11) is 0. The summed E-state index contributed by atoms with van der Waals surface area (Å²) in [6.07, 6.45) is 6.81. The number of nitrogens with one attached hydrogen (secondary N) is 3. The van der Waals surface area contributed by atoms with Crippen LogP contribution in [0.2, 0.25) is 0 Å². The van der Waals surface area contributed by atoms with Crippen LogP contribution < -0.4 is 16.4 Å². The lowest BCUT2D eigenvalue weighted by Gasteiger charge is -2.46. The number of anilines is 1. The molecule has 0 radical (unpaired) electrons. The number of rotatable bonds is 5. The molecule has 0 atom stereocenters. The van der Waals surface area contributed by atoms with E-state index in [0.29, 0.717) is 18.5 Å². The zero-order valence-electron chi connectivity index (χ0n) is 17.8. The number of benzene rings is 1. The number of nitrogens with two attached hydrogens (primary N) is 1. The van der Waals surface area contributed by atoms with Gasteiger partial charge in [-0.2, -0.15) is 0 Å². The van der Waals surface area contributed by atoms with Crippen molar-refractivity contribution in [3.8, 4) is 11.3 Å². The molecule has 0 unspecified atom stereocenters. The van der Waals surface area contributed by atoms with Crippen molar-refractivity contribution in [2.75, 3.05) is 11.9 Å². The van der Waals surface area contributed by atoms with Crippen molar-refractivity contribution in [2.45, 2.75) is 64.1 Å². The molecule has 6 heteroatoms. The zero-order valence-corrected chi connectivity index (χ0v) is 17.8. The van der Waals surface area contributed by atoms with Crippen LogP contribution in [0.1, 0.15) is 46.1 Å². The summed E-state index contributed by atoms with van der Waals surface area (Å²) >= 11 is 0. The highest BCUT2D eigenvalue weighted by atomic mass is 15.1. The summed E-state index contributed by atoms with van der Waals surface area (Å²) < 4.78 is 0. The van der Waals surface area contributed by atoms with Crippen molar-refractivity contribution in [1.29, 1.82) is 0 Å². The second kappa shape index (κ2) is 7.43. The molecule has 1 aliphatic rings. The Kier molecular flexibility index (Phi) is 5.09. The Morgan fingerprint density at radius 1 is 1.14 bits per heavy atom. The minimum atomic E-state index is 0.0785. The highest BCUT2D eigenvalue weighted by molar-refractivity contribution is 5.95. The monoisotopic (exact) mass is 392 g/mol. The Hall–Kier alpha value is -2.44. The number of piperidine rings is 1. The summed E-state index contributed by atoms with van der Waals surface area (Å²) in [5.74, 6) is 0.690. The van der Waals surface area contributed by atoms with Crippen molar-refractivity contribution >= 4 is 16.9 Å². The molecule has 0 spiro atoms. The van der Waals surface area contributed by atoms with Gasteiger partial charge in [0.2, 0.25) is 5.95 Å². The third-order valence-electron chi connectivity index (χ3n) is 5.63. The maximum absolute atomic E-state index is 5.69. The fourth-order valence-electron chi connectivity index (χ4n) is 4.89. The number of H-pyrrole nitrogens is 1. The quantitative estimate of drug-likeness (QED) is 0.529. The lowest BCUT2D eigenvalue weighted by molar-refractivity contribution is 0.170. The number of aromatic amines is 1. The topological polar surface area (TPSA) is 91.7 Å². The van der Waals surface area contributed by atoms with Crippen LogP contribution in [0.15, 0.2) is 36.7 Å². The van der Waals surface area contributed by atoms with Crippen molar-refractivity contribution in [2.24, 2.45) is 5.73 Å². The number of nitrogens with zero attached hydrogens (tertiary/aromatic N) is 2. The van der Waals surface area contributed by atoms with Crippen LogP contribution in [-0.2, 0) is 6.42 Å². The first kappa shape index (κ1) is 19.9. The first-order chi connectivity index (χ1) is 13.7. The van der Waals surface area contributed by atoms with E-state index in [0.717, 1.165) is 36.0 Å². The van der Waals surface area contributed by atoms with Crippen LogP contribution >= 0.6 is 0 Å². The molecule has 3 aromatic rings. The van der Waals surface area contributed by atoms with Gasteiger partial charge in [-0.15, -0.1) is 0 Å². The maximum Gasteiger partial charge on any atom is 0.223 e. The predicted molar refractivity (Wildman–Crippen MR) is 120 cm³/mol. The van der Waals surface area contributed by atoms with Gasteiger partial charge in [-0.05, 0) is 71.2 Å². The van der Waals surface area contributed by atoms with Gasteiger partial charge in [-0.25, -0.2) is 9.97 Å². The van der Waals surface area contributed by atoms with Crippen molar-refractivity contribution in [3.05, 3.63) is 42.2 Å². The molecule has 3 heterocycles. The Morgan fingerprint density at radius 3 is 2.62 bits per heavy atom. The van der Waals surface area contributed by atoms with Crippen LogP contribution in [0.25, 0.3) is 22.2 Å². The first-order valence-electron chi connectivity index (χ1n) is 10.4. The van der Waals surface area contributed by atoms with E-state index >= 15 is 0 Å². The van der Waals surface area contributed by atoms with E-state index < -0.39 is 0 Å². The molecule has 0 bridgehead atoms. The van der Waals surface area contributed by atoms with Gasteiger partial charge in [0.15, 0.2) is 0 Å². The molecule has 1 aromatic carbocycles. The van der Waals surface area contributed by atoms with Crippen molar-refractivity contribution < 1.29 is 0 Å². The van der Waals surface area contributed by atoms with E-state index in [9.17, 15) is 0 Å². The fraction of sp³-hybridized carbons (Fsp3) is 0.478. The Bertz CT molecular complexity index is 988. The highest BCUT2D eigenvalue weighted by Gasteiger charge is 2.37. The molecule has 0 saturated carbocycles. The fourth-order valence-corrected chi connectivity index (χ4v) is 4.89. The molecule has 29 heavy (non-hydrogen) atoms. The third-order valence-corrected chi connectivity index (χ3v) is 5.63. The van der Waals surface area contributed by atoms with Gasteiger partial charge in [-0.3, -0.25) is 0 Å². The van der Waals surface area contributed by atoms with Crippen LogP contribution in [0.3, 0.4) is 0 Å². The Balaban J connectivity index is 1.59. The standard InChI is InChI=1S/C23H32N6/c1-22(2)12-16(13-23(3,4)29-22)27-21-25-10-8-19(28-21)18-14-26-20-11-15(7-9-24)5-6-17(18)20/h5-6,8,10-11,14,16,26,29H,7,9,12-13,24H2,1-4H3,(H,25,27,28). The molecule has 1 aliphatic heterocycles. The molecule has 4 rings (SSSR count). The van der Waals surface area contributed by atoms with Gasteiger partial charge >= 0.3 is 0 Å². The van der Waals surface area contributed by atoms with Gasteiger partial charge in [0.1, 0.15) is 0 Å². The molecule has 5 N–H and O–H groups in total. The van der Waals surface area contributed by atoms with E-state index in [1.165, 1.54) is 10.9 Å². The van der Waals surface area contributed by atoms with E-state index in [1.54, 1.807) is 0 Å². The molecule has 2 aromatic heterocycles. The van der Waals surface area contributed by atoms with E-state index in [2.05, 4.69) is 66.5 Å². The molecule has 154 valence electrons. The lowest BCUT2D eigenvalue weighted by atomic mass is 9.80. The van der Waals surface area contributed by atoms with Crippen molar-refractivity contribution in [3.63, 3.8) is 0 Å². The van der Waals surface area contributed by atoms with Gasteiger partial charge in [0.05, 0.1) is 5.69 Å². The second-order valence-electron chi connectivity index (χ2n) is 9.53. The summed E-state index contributed by atoms with van der Waals surface area (Å²) in [4.78, 5) is 12.7. The van der Waals surface area contributed by atoms with Gasteiger partial charge in [0, 0.05) is 46.0 Å². The third kappa shape index (κ3) is 4.43. The normalized spacial score (nSPS) is 18.8. The lowest BCUT2D eigenvalue weighted by Crippen LogP contribution is -2.60. The minimum absolute atomic E-state index is 0.0785. The average molecular weight is 393 g/mol. The maximum atomic E-state index is 5.69. The van der Waals surface area contributed by atoms with Gasteiger partial charge in [0.25, 0.3) is 0 Å². The molecule has 0 amide bonds. The van der Waals surface area contributed by atoms with E-state index in [1.807, 2.05) is 18.5 Å². The van der Waals surface area contributed by atoms with E-state index in [4.69, 9.17) is 10.7 Å². The Labute approximate surface area is 172 Å². The first-order valence-corrected chi connectivity index (χ1v) is 10.4. The number of fused-ring (bicyclic) bond motifs is 1. The summed E-state index contributed by atoms with van der Waals surface area (Å²) in [6, 6.07) is 8.77. The van der Waals surface area contributed by atoms with Crippen molar-refractivity contribution in [1.82, 2.24) is 20.3 Å². The summed E-state index contributed by atoms with van der Waals surface area (Å²) in [5.41, 5.74) is 10.2. The number of aromatic nitrogens is 3. The van der Waals surface area contributed by atoms with Gasteiger partial charge in [-0.1, -0.05) is 12.1 Å². The number of hydrogen-bond acceptors (Lipinski definition) is 5. The summed E-state index contributed by atoms with van der Waals surface area (Å²) in [6.45, 7) is 9.68. The van der Waals surface area contributed by atoms with Gasteiger partial charge < -0.3 is 21.4 Å². The van der Waals surface area contributed by atoms with Crippen LogP contribution in [-0.4, -0.2) is 38.6 Å². The zero-order chi connectivity index (χ0) is 20.6. The molecular weight excluding hydrogens is 360 g/mol. The van der Waals surface area contributed by atoms with E-state index in [-0.39, 0.29) is 11.1 Å². The summed E-state index contributed by atoms with van der Waals surface area (Å²) in [5, 5.41) is 8.47. The minimum Gasteiger partial charge on any atom is -0.360 e. The Morgan fingerprint density at radius 2 is 1.90 bits per heavy atom.